The first kappa shape index (κ1) is 24.4. The van der Waals surface area contributed by atoms with Crippen molar-refractivity contribution in [3.05, 3.63) is 0 Å². The molecule has 0 bridgehead atoms. The molecule has 0 aromatic carbocycles. The maximum atomic E-state index is 8.40. The van der Waals surface area contributed by atoms with Crippen molar-refractivity contribution >= 4 is 17.4 Å². The fourth-order valence-corrected chi connectivity index (χ4v) is 0.853. The maximum Gasteiger partial charge on any atom is 0.0701 e. The van der Waals surface area contributed by atoms with Crippen molar-refractivity contribution in [3.8, 4) is 0 Å². The summed E-state index contributed by atoms with van der Waals surface area (Å²) in [6.45, 7) is 9.23. The average Bonchev–Trinajstić information content (AvgIpc) is 2.31. The second-order valence-electron chi connectivity index (χ2n) is 4.01. The molecular weight excluding hydrogens is 263 g/mol. The summed E-state index contributed by atoms with van der Waals surface area (Å²) in [5, 5.41) is 16.5. The lowest BCUT2D eigenvalue weighted by molar-refractivity contribution is 0.00735. The highest BCUT2D eigenvalue weighted by atomic mass is 27.0. The molecule has 0 spiro atoms. The van der Waals surface area contributed by atoms with Crippen molar-refractivity contribution in [3.63, 3.8) is 0 Å². The zero-order valence-electron chi connectivity index (χ0n) is 12.6. The number of aliphatic hydroxyl groups excluding tert-OH is 2. The van der Waals surface area contributed by atoms with Crippen molar-refractivity contribution < 1.29 is 24.4 Å². The number of aliphatic hydroxyl groups is 2. The van der Waals surface area contributed by atoms with Crippen LogP contribution in [0.25, 0.3) is 0 Å². The summed E-state index contributed by atoms with van der Waals surface area (Å²) < 4.78 is 15.5. The summed E-state index contributed by atoms with van der Waals surface area (Å²) in [5.41, 5.74) is 0. The fourth-order valence-electron chi connectivity index (χ4n) is 0.853. The van der Waals surface area contributed by atoms with E-state index in [0.717, 1.165) is 19.4 Å². The third-order valence-electron chi connectivity index (χ3n) is 1.62. The van der Waals surface area contributed by atoms with E-state index in [4.69, 9.17) is 24.4 Å². The molecule has 0 rings (SSSR count). The minimum atomic E-state index is -0.167. The van der Waals surface area contributed by atoms with Gasteiger partial charge in [0.15, 0.2) is 0 Å². The number of ether oxygens (including phenoxy) is 3. The molecule has 3 radical (unpaired) electrons. The van der Waals surface area contributed by atoms with Gasteiger partial charge in [0.2, 0.25) is 0 Å². The average molecular weight is 293 g/mol. The van der Waals surface area contributed by atoms with E-state index in [1.165, 1.54) is 0 Å². The van der Waals surface area contributed by atoms with Crippen molar-refractivity contribution in [1.82, 2.24) is 0 Å². The van der Waals surface area contributed by atoms with E-state index in [0.29, 0.717) is 33.0 Å². The molecule has 0 aromatic rings. The molecule has 19 heavy (non-hydrogen) atoms. The van der Waals surface area contributed by atoms with Crippen LogP contribution in [0.15, 0.2) is 0 Å². The van der Waals surface area contributed by atoms with E-state index in [2.05, 4.69) is 6.92 Å². The fraction of sp³-hybridized carbons (Fsp3) is 1.00. The van der Waals surface area contributed by atoms with Crippen LogP contribution >= 0.6 is 0 Å². The molecule has 0 aromatic heterocycles. The second kappa shape index (κ2) is 23.4. The quantitative estimate of drug-likeness (QED) is 0.436. The Morgan fingerprint density at radius 1 is 0.842 bits per heavy atom. The van der Waals surface area contributed by atoms with Gasteiger partial charge >= 0.3 is 0 Å². The lowest BCUT2D eigenvalue weighted by atomic mass is 10.4. The van der Waals surface area contributed by atoms with E-state index in [1.54, 1.807) is 13.8 Å². The van der Waals surface area contributed by atoms with Crippen LogP contribution < -0.4 is 0 Å². The van der Waals surface area contributed by atoms with Gasteiger partial charge in [0.25, 0.3) is 0 Å². The van der Waals surface area contributed by atoms with Crippen molar-refractivity contribution in [2.45, 2.75) is 39.7 Å². The number of hydrogen-bond donors (Lipinski definition) is 2. The predicted molar refractivity (Wildman–Crippen MR) is 77.6 cm³/mol. The van der Waals surface area contributed by atoms with Crippen LogP contribution in [0.5, 0.6) is 0 Å². The summed E-state index contributed by atoms with van der Waals surface area (Å²) in [6, 6.07) is 0. The van der Waals surface area contributed by atoms with Gasteiger partial charge in [-0.2, -0.15) is 0 Å². The molecular formula is C13H30AlO5. The minimum Gasteiger partial charge on any atom is -0.394 e. The zero-order chi connectivity index (χ0) is 14.1. The van der Waals surface area contributed by atoms with Gasteiger partial charge in [-0.3, -0.25) is 0 Å². The van der Waals surface area contributed by atoms with Gasteiger partial charge in [-0.25, -0.2) is 0 Å². The Morgan fingerprint density at radius 3 is 1.58 bits per heavy atom. The van der Waals surface area contributed by atoms with Crippen LogP contribution in [0, 0.1) is 0 Å². The zero-order valence-corrected chi connectivity index (χ0v) is 13.8. The summed E-state index contributed by atoms with van der Waals surface area (Å²) in [5.74, 6) is 0. The Morgan fingerprint density at radius 2 is 1.21 bits per heavy atom. The molecule has 0 aliphatic rings. The number of unbranched alkanes of at least 4 members (excludes halogenated alkanes) is 1. The summed E-state index contributed by atoms with van der Waals surface area (Å²) in [4.78, 5) is 0. The monoisotopic (exact) mass is 293 g/mol. The standard InChI is InChI=1S/C10H22O4.C3H8O.Al/c1-2-3-5-12-7-9-14-10-8-13-6-4-11;1-3(2)4;/h11H,2-10H2,1H3;3-4H,1-2H3;. The Bertz CT molecular complexity index is 121. The molecule has 6 heteroatoms. The lowest BCUT2D eigenvalue weighted by Crippen LogP contribution is -2.11. The van der Waals surface area contributed by atoms with E-state index >= 15 is 0 Å². The lowest BCUT2D eigenvalue weighted by Gasteiger charge is -2.05. The van der Waals surface area contributed by atoms with Crippen molar-refractivity contribution in [2.24, 2.45) is 0 Å². The molecule has 0 aliphatic heterocycles. The molecule has 0 unspecified atom stereocenters. The molecule has 0 atom stereocenters. The van der Waals surface area contributed by atoms with E-state index in [-0.39, 0.29) is 30.1 Å². The van der Waals surface area contributed by atoms with Crippen LogP contribution in [0.1, 0.15) is 33.6 Å². The first-order valence-electron chi connectivity index (χ1n) is 6.67. The van der Waals surface area contributed by atoms with Gasteiger partial charge in [-0.1, -0.05) is 13.3 Å². The predicted octanol–water partition coefficient (Wildman–Crippen LogP) is 0.835. The van der Waals surface area contributed by atoms with Crippen molar-refractivity contribution in [2.75, 3.05) is 46.2 Å². The van der Waals surface area contributed by atoms with Crippen LogP contribution in [0.2, 0.25) is 0 Å². The molecule has 5 nitrogen and oxygen atoms in total. The van der Waals surface area contributed by atoms with E-state index in [1.807, 2.05) is 0 Å². The molecule has 2 N–H and O–H groups in total. The molecule has 0 heterocycles. The Kier molecular flexibility index (Phi) is 30.0. The van der Waals surface area contributed by atoms with Crippen molar-refractivity contribution in [1.29, 1.82) is 0 Å². The van der Waals surface area contributed by atoms with Crippen LogP contribution in [0.4, 0.5) is 0 Å². The Hall–Kier alpha value is 0.332. The van der Waals surface area contributed by atoms with Crippen LogP contribution in [-0.4, -0.2) is 79.9 Å². The molecule has 0 aliphatic carbocycles. The molecule has 0 fully saturated rings. The topological polar surface area (TPSA) is 68.2 Å². The summed E-state index contributed by atoms with van der Waals surface area (Å²) >= 11 is 0. The largest absolute Gasteiger partial charge is 0.394 e. The van der Waals surface area contributed by atoms with Crippen LogP contribution in [0.3, 0.4) is 0 Å². The number of hydrogen-bond acceptors (Lipinski definition) is 5. The van der Waals surface area contributed by atoms with Gasteiger partial charge in [0.1, 0.15) is 0 Å². The van der Waals surface area contributed by atoms with E-state index < -0.39 is 0 Å². The third-order valence-corrected chi connectivity index (χ3v) is 1.62. The first-order chi connectivity index (χ1) is 8.65. The first-order valence-corrected chi connectivity index (χ1v) is 6.67. The van der Waals surface area contributed by atoms with Gasteiger partial charge in [-0.05, 0) is 20.3 Å². The Labute approximate surface area is 128 Å². The maximum absolute atomic E-state index is 8.40. The van der Waals surface area contributed by atoms with Gasteiger partial charge in [0.05, 0.1) is 39.6 Å². The minimum absolute atomic E-state index is 0. The van der Waals surface area contributed by atoms with Gasteiger partial charge in [-0.15, -0.1) is 0 Å². The molecule has 0 saturated carbocycles. The van der Waals surface area contributed by atoms with E-state index in [9.17, 15) is 0 Å². The normalized spacial score (nSPS) is 9.79. The highest BCUT2D eigenvalue weighted by Crippen LogP contribution is 1.87. The van der Waals surface area contributed by atoms with Crippen LogP contribution in [-0.2, 0) is 14.2 Å². The highest BCUT2D eigenvalue weighted by molar-refractivity contribution is 5.75. The molecule has 0 amide bonds. The summed E-state index contributed by atoms with van der Waals surface area (Å²) in [7, 11) is 0. The summed E-state index contributed by atoms with van der Waals surface area (Å²) in [6.07, 6.45) is 2.11. The molecule has 115 valence electrons. The number of rotatable bonds is 11. The molecule has 0 saturated heterocycles. The van der Waals surface area contributed by atoms with Gasteiger partial charge < -0.3 is 24.4 Å². The van der Waals surface area contributed by atoms with Gasteiger partial charge in [0, 0.05) is 30.1 Å². The SMILES string of the molecule is CC(C)O.CCCCOCCOCCOCCO.[Al]. The highest BCUT2D eigenvalue weighted by Gasteiger charge is 1.90. The Balaban J connectivity index is -0.000000448. The smallest absolute Gasteiger partial charge is 0.0701 e. The third kappa shape index (κ3) is 38.1. The second-order valence-corrected chi connectivity index (χ2v) is 4.01.